The van der Waals surface area contributed by atoms with E-state index in [1.807, 2.05) is 19.1 Å². The first-order chi connectivity index (χ1) is 9.06. The number of rotatable bonds is 4. The summed E-state index contributed by atoms with van der Waals surface area (Å²) in [7, 11) is 1.76. The fourth-order valence-corrected chi connectivity index (χ4v) is 1.89. The Labute approximate surface area is 112 Å². The second-order valence-corrected chi connectivity index (χ2v) is 4.60. The summed E-state index contributed by atoms with van der Waals surface area (Å²) in [5.41, 5.74) is 1.81. The van der Waals surface area contributed by atoms with Crippen LogP contribution in [0.2, 0.25) is 0 Å². The van der Waals surface area contributed by atoms with Crippen molar-refractivity contribution in [1.29, 1.82) is 0 Å². The van der Waals surface area contributed by atoms with Crippen molar-refractivity contribution >= 4 is 5.91 Å². The smallest absolute Gasteiger partial charge is 0.227 e. The Kier molecular flexibility index (Phi) is 3.90. The zero-order valence-electron chi connectivity index (χ0n) is 11.1. The first kappa shape index (κ1) is 13.2. The normalized spacial score (nSPS) is 10.4. The van der Waals surface area contributed by atoms with Gasteiger partial charge in [0.1, 0.15) is 11.5 Å². The average Bonchev–Trinajstić information content (AvgIpc) is 2.75. The zero-order valence-corrected chi connectivity index (χ0v) is 11.1. The summed E-state index contributed by atoms with van der Waals surface area (Å²) < 4.78 is 5.21. The van der Waals surface area contributed by atoms with E-state index in [1.54, 1.807) is 36.4 Å². The van der Waals surface area contributed by atoms with Crippen molar-refractivity contribution in [2.24, 2.45) is 0 Å². The molecule has 0 unspecified atom stereocenters. The fourth-order valence-electron chi connectivity index (χ4n) is 1.89. The van der Waals surface area contributed by atoms with E-state index in [2.05, 4.69) is 0 Å². The summed E-state index contributed by atoms with van der Waals surface area (Å²) in [6, 6.07) is 8.63. The van der Waals surface area contributed by atoms with Gasteiger partial charge in [-0.1, -0.05) is 12.1 Å². The highest BCUT2D eigenvalue weighted by Gasteiger charge is 2.12. The molecule has 2 rings (SSSR count). The molecule has 1 aromatic heterocycles. The Hall–Kier alpha value is -2.23. The molecule has 0 radical (unpaired) electrons. The monoisotopic (exact) mass is 259 g/mol. The minimum atomic E-state index is 0.00574. The van der Waals surface area contributed by atoms with Crippen molar-refractivity contribution in [3.05, 3.63) is 53.5 Å². The molecule has 0 aliphatic rings. The number of aromatic hydroxyl groups is 1. The van der Waals surface area contributed by atoms with Gasteiger partial charge in [-0.25, -0.2) is 0 Å². The molecule has 0 saturated carbocycles. The molecular weight excluding hydrogens is 242 g/mol. The van der Waals surface area contributed by atoms with Crippen LogP contribution in [0, 0.1) is 6.92 Å². The summed E-state index contributed by atoms with van der Waals surface area (Å²) in [5.74, 6) is 1.02. The molecule has 1 heterocycles. The third-order valence-electron chi connectivity index (χ3n) is 3.07. The molecule has 0 aliphatic carbocycles. The number of likely N-dealkylation sites (N-methyl/N-ethyl adjacent to an activating group) is 1. The Morgan fingerprint density at radius 2 is 2.16 bits per heavy atom. The van der Waals surface area contributed by atoms with E-state index in [0.717, 1.165) is 16.9 Å². The molecular formula is C15H17NO3. The van der Waals surface area contributed by atoms with Crippen LogP contribution in [0.5, 0.6) is 5.75 Å². The zero-order chi connectivity index (χ0) is 13.8. The van der Waals surface area contributed by atoms with Crippen LogP contribution in [-0.4, -0.2) is 23.0 Å². The van der Waals surface area contributed by atoms with Crippen LogP contribution < -0.4 is 0 Å². The molecule has 100 valence electrons. The number of carbonyl (C=O) groups is 1. The molecule has 0 fully saturated rings. The van der Waals surface area contributed by atoms with Crippen molar-refractivity contribution in [3.8, 4) is 5.75 Å². The van der Waals surface area contributed by atoms with Crippen molar-refractivity contribution < 1.29 is 14.3 Å². The molecule has 1 amide bonds. The summed E-state index contributed by atoms with van der Waals surface area (Å²) in [6.45, 7) is 2.41. The highest BCUT2D eigenvalue weighted by molar-refractivity contribution is 5.78. The maximum absolute atomic E-state index is 12.1. The number of furan rings is 1. The second-order valence-electron chi connectivity index (χ2n) is 4.60. The molecule has 0 atom stereocenters. The van der Waals surface area contributed by atoms with E-state index < -0.39 is 0 Å². The number of hydrogen-bond donors (Lipinski definition) is 1. The number of benzene rings is 1. The lowest BCUT2D eigenvalue weighted by molar-refractivity contribution is -0.129. The molecule has 0 aliphatic heterocycles. The average molecular weight is 259 g/mol. The first-order valence-electron chi connectivity index (χ1n) is 6.11. The lowest BCUT2D eigenvalue weighted by atomic mass is 10.1. The standard InChI is InChI=1S/C15H17NO3/c1-11-13(6-7-19-11)10-16(2)15(18)9-12-4-3-5-14(17)8-12/h3-8,17H,9-10H2,1-2H3. The van der Waals surface area contributed by atoms with Crippen LogP contribution >= 0.6 is 0 Å². The molecule has 0 spiro atoms. The maximum atomic E-state index is 12.1. The van der Waals surface area contributed by atoms with Crippen LogP contribution in [-0.2, 0) is 17.8 Å². The SMILES string of the molecule is Cc1occc1CN(C)C(=O)Cc1cccc(O)c1. The van der Waals surface area contributed by atoms with Crippen LogP contribution in [0.15, 0.2) is 41.0 Å². The van der Waals surface area contributed by atoms with Gasteiger partial charge in [0.2, 0.25) is 5.91 Å². The molecule has 2 aromatic rings. The van der Waals surface area contributed by atoms with Crippen LogP contribution in [0.3, 0.4) is 0 Å². The number of carbonyl (C=O) groups excluding carboxylic acids is 1. The number of hydrogen-bond acceptors (Lipinski definition) is 3. The second kappa shape index (κ2) is 5.61. The molecule has 1 N–H and O–H groups in total. The van der Waals surface area contributed by atoms with Crippen LogP contribution in [0.4, 0.5) is 0 Å². The number of phenols is 1. The predicted molar refractivity (Wildman–Crippen MR) is 71.7 cm³/mol. The Morgan fingerprint density at radius 3 is 2.79 bits per heavy atom. The van der Waals surface area contributed by atoms with Crippen molar-refractivity contribution in [2.75, 3.05) is 7.05 Å². The molecule has 0 saturated heterocycles. The Morgan fingerprint density at radius 1 is 1.37 bits per heavy atom. The van der Waals surface area contributed by atoms with Gasteiger partial charge in [0.25, 0.3) is 0 Å². The molecule has 1 aromatic carbocycles. The van der Waals surface area contributed by atoms with E-state index >= 15 is 0 Å². The van der Waals surface area contributed by atoms with E-state index in [9.17, 15) is 9.90 Å². The fraction of sp³-hybridized carbons (Fsp3) is 0.267. The number of amides is 1. The van der Waals surface area contributed by atoms with Crippen molar-refractivity contribution in [1.82, 2.24) is 4.90 Å². The Balaban J connectivity index is 1.98. The van der Waals surface area contributed by atoms with Crippen molar-refractivity contribution in [2.45, 2.75) is 19.9 Å². The van der Waals surface area contributed by atoms with Gasteiger partial charge in [-0.3, -0.25) is 4.79 Å². The van der Waals surface area contributed by atoms with Gasteiger partial charge in [0.05, 0.1) is 12.7 Å². The van der Waals surface area contributed by atoms with Gasteiger partial charge in [0, 0.05) is 19.2 Å². The third-order valence-corrected chi connectivity index (χ3v) is 3.07. The highest BCUT2D eigenvalue weighted by atomic mass is 16.3. The predicted octanol–water partition coefficient (Wildman–Crippen LogP) is 2.49. The summed E-state index contributed by atoms with van der Waals surface area (Å²) in [6.07, 6.45) is 1.90. The Bertz CT molecular complexity index is 574. The van der Waals surface area contributed by atoms with Gasteiger partial charge >= 0.3 is 0 Å². The maximum Gasteiger partial charge on any atom is 0.227 e. The third kappa shape index (κ3) is 3.37. The van der Waals surface area contributed by atoms with Crippen LogP contribution in [0.1, 0.15) is 16.9 Å². The quantitative estimate of drug-likeness (QED) is 0.917. The van der Waals surface area contributed by atoms with Gasteiger partial charge in [-0.15, -0.1) is 0 Å². The van der Waals surface area contributed by atoms with E-state index in [-0.39, 0.29) is 18.1 Å². The molecule has 0 bridgehead atoms. The minimum absolute atomic E-state index is 0.00574. The summed E-state index contributed by atoms with van der Waals surface area (Å²) in [5, 5.41) is 9.37. The van der Waals surface area contributed by atoms with Gasteiger partial charge in [-0.2, -0.15) is 0 Å². The van der Waals surface area contributed by atoms with E-state index in [1.165, 1.54) is 0 Å². The number of phenolic OH excluding ortho intramolecular Hbond substituents is 1. The van der Waals surface area contributed by atoms with E-state index in [4.69, 9.17) is 4.42 Å². The van der Waals surface area contributed by atoms with Gasteiger partial charge in [-0.05, 0) is 30.7 Å². The lowest BCUT2D eigenvalue weighted by Gasteiger charge is -2.16. The van der Waals surface area contributed by atoms with Crippen molar-refractivity contribution in [3.63, 3.8) is 0 Å². The van der Waals surface area contributed by atoms with Gasteiger partial charge < -0.3 is 14.4 Å². The number of nitrogens with zero attached hydrogens (tertiary/aromatic N) is 1. The highest BCUT2D eigenvalue weighted by Crippen LogP contribution is 2.14. The lowest BCUT2D eigenvalue weighted by Crippen LogP contribution is -2.27. The first-order valence-corrected chi connectivity index (χ1v) is 6.11. The molecule has 4 nitrogen and oxygen atoms in total. The summed E-state index contributed by atoms with van der Waals surface area (Å²) in [4.78, 5) is 13.7. The largest absolute Gasteiger partial charge is 0.508 e. The molecule has 4 heteroatoms. The van der Waals surface area contributed by atoms with E-state index in [0.29, 0.717) is 6.54 Å². The van der Waals surface area contributed by atoms with Gasteiger partial charge in [0.15, 0.2) is 0 Å². The number of aryl methyl sites for hydroxylation is 1. The van der Waals surface area contributed by atoms with Crippen LogP contribution in [0.25, 0.3) is 0 Å². The summed E-state index contributed by atoms with van der Waals surface area (Å²) >= 11 is 0. The molecule has 19 heavy (non-hydrogen) atoms. The minimum Gasteiger partial charge on any atom is -0.508 e. The topological polar surface area (TPSA) is 53.7 Å².